The molecule has 0 aromatic heterocycles. The fraction of sp³-hybridized carbons (Fsp3) is 0.133. The molecule has 0 saturated heterocycles. The highest BCUT2D eigenvalue weighted by atomic mass is 32.2. The summed E-state index contributed by atoms with van der Waals surface area (Å²) < 4.78 is 33.1. The molecule has 0 aliphatic carbocycles. The monoisotopic (exact) mass is 559 g/mol. The lowest BCUT2D eigenvalue weighted by Gasteiger charge is -2.18. The molecule has 0 spiro atoms. The molecule has 4 rings (SSSR count). The molecule has 4 aromatic carbocycles. The summed E-state index contributed by atoms with van der Waals surface area (Å²) in [6.07, 6.45) is 0.713. The van der Waals surface area contributed by atoms with Crippen LogP contribution in [0, 0.1) is 0 Å². The second-order valence-corrected chi connectivity index (χ2v) is 11.2. The van der Waals surface area contributed by atoms with Crippen molar-refractivity contribution in [3.63, 3.8) is 0 Å². The molecule has 0 aliphatic heterocycles. The van der Waals surface area contributed by atoms with Crippen LogP contribution in [0.2, 0.25) is 0 Å². The van der Waals surface area contributed by atoms with Gasteiger partial charge in [-0.3, -0.25) is 10.1 Å². The van der Waals surface area contributed by atoms with Gasteiger partial charge in [-0.1, -0.05) is 72.8 Å². The molecule has 0 unspecified atom stereocenters. The lowest BCUT2D eigenvalue weighted by atomic mass is 10.1. The number of amides is 1. The van der Waals surface area contributed by atoms with Crippen LogP contribution in [0.5, 0.6) is 5.75 Å². The molecular weight excluding hydrogens is 530 g/mol. The van der Waals surface area contributed by atoms with E-state index >= 15 is 0 Å². The van der Waals surface area contributed by atoms with Gasteiger partial charge in [0, 0.05) is 25.7 Å². The highest BCUT2D eigenvalue weighted by molar-refractivity contribution is 7.89. The minimum atomic E-state index is -3.68. The molecule has 39 heavy (non-hydrogen) atoms. The number of hydrogen-bond donors (Lipinski definition) is 2. The minimum absolute atomic E-state index is 0.0795. The summed E-state index contributed by atoms with van der Waals surface area (Å²) in [5, 5.41) is 5.66. The van der Waals surface area contributed by atoms with Crippen LogP contribution in [0.1, 0.15) is 21.5 Å². The summed E-state index contributed by atoms with van der Waals surface area (Å²) >= 11 is 5.32. The molecule has 0 aliphatic rings. The summed E-state index contributed by atoms with van der Waals surface area (Å²) in [6.45, 7) is 0.684. The molecule has 0 heterocycles. The van der Waals surface area contributed by atoms with Crippen molar-refractivity contribution in [1.82, 2.24) is 9.62 Å². The number of sulfonamides is 1. The van der Waals surface area contributed by atoms with E-state index < -0.39 is 15.9 Å². The van der Waals surface area contributed by atoms with E-state index in [9.17, 15) is 13.2 Å². The van der Waals surface area contributed by atoms with E-state index in [1.165, 1.54) is 16.4 Å². The molecule has 0 atom stereocenters. The van der Waals surface area contributed by atoms with Crippen molar-refractivity contribution < 1.29 is 17.9 Å². The lowest BCUT2D eigenvalue weighted by molar-refractivity contribution is 0.0974. The zero-order chi connectivity index (χ0) is 27.7. The first-order valence-electron chi connectivity index (χ1n) is 12.3. The van der Waals surface area contributed by atoms with E-state index in [1.54, 1.807) is 43.4 Å². The van der Waals surface area contributed by atoms with Crippen molar-refractivity contribution in [2.45, 2.75) is 17.9 Å². The molecule has 4 aromatic rings. The van der Waals surface area contributed by atoms with E-state index in [0.29, 0.717) is 30.0 Å². The Labute approximate surface area is 234 Å². The Morgan fingerprint density at radius 1 is 0.821 bits per heavy atom. The predicted molar refractivity (Wildman–Crippen MR) is 157 cm³/mol. The van der Waals surface area contributed by atoms with E-state index in [-0.39, 0.29) is 16.6 Å². The third kappa shape index (κ3) is 7.73. The Kier molecular flexibility index (Phi) is 9.43. The zero-order valence-electron chi connectivity index (χ0n) is 21.4. The number of nitrogens with zero attached hydrogens (tertiary/aromatic N) is 1. The van der Waals surface area contributed by atoms with Gasteiger partial charge in [-0.15, -0.1) is 0 Å². The number of ether oxygens (including phenoxy) is 1. The van der Waals surface area contributed by atoms with Crippen LogP contribution in [0.15, 0.2) is 114 Å². The van der Waals surface area contributed by atoms with Gasteiger partial charge in [-0.25, -0.2) is 8.42 Å². The molecule has 7 nitrogen and oxygen atoms in total. The van der Waals surface area contributed by atoms with Crippen molar-refractivity contribution in [3.05, 3.63) is 126 Å². The minimum Gasteiger partial charge on any atom is -0.492 e. The highest BCUT2D eigenvalue weighted by Crippen LogP contribution is 2.20. The Morgan fingerprint density at radius 2 is 1.41 bits per heavy atom. The fourth-order valence-corrected chi connectivity index (χ4v) is 5.22. The first-order chi connectivity index (χ1) is 18.8. The zero-order valence-corrected chi connectivity index (χ0v) is 23.0. The Bertz CT molecular complexity index is 1510. The van der Waals surface area contributed by atoms with Crippen LogP contribution in [0.4, 0.5) is 5.69 Å². The van der Waals surface area contributed by atoms with Crippen molar-refractivity contribution in [2.24, 2.45) is 0 Å². The average Bonchev–Trinajstić information content (AvgIpc) is 2.94. The molecule has 0 saturated carbocycles. The number of nitrogens with one attached hydrogen (secondary N) is 2. The maximum Gasteiger partial charge on any atom is 0.261 e. The number of rotatable bonds is 10. The largest absolute Gasteiger partial charge is 0.492 e. The van der Waals surface area contributed by atoms with Crippen molar-refractivity contribution in [1.29, 1.82) is 0 Å². The second-order valence-electron chi connectivity index (χ2n) is 8.76. The van der Waals surface area contributed by atoms with Crippen LogP contribution in [-0.2, 0) is 23.0 Å². The fourth-order valence-electron chi connectivity index (χ4n) is 3.85. The van der Waals surface area contributed by atoms with Crippen LogP contribution in [0.25, 0.3) is 0 Å². The molecule has 2 N–H and O–H groups in total. The maximum absolute atomic E-state index is 13.0. The van der Waals surface area contributed by atoms with Crippen molar-refractivity contribution >= 4 is 38.9 Å². The number of carbonyl (C=O) groups excluding carboxylic acids is 1. The van der Waals surface area contributed by atoms with Crippen molar-refractivity contribution in [3.8, 4) is 5.75 Å². The van der Waals surface area contributed by atoms with Crippen LogP contribution < -0.4 is 15.4 Å². The normalized spacial score (nSPS) is 11.1. The lowest BCUT2D eigenvalue weighted by Crippen LogP contribution is -2.34. The SMILES string of the molecule is CN(Cc1ccccc1)S(=O)(=O)c1ccc(NC(=S)NC(=O)c2ccccc2OCCc2ccccc2)cc1. The van der Waals surface area contributed by atoms with Gasteiger partial charge in [0.2, 0.25) is 10.0 Å². The van der Waals surface area contributed by atoms with Gasteiger partial charge in [0.05, 0.1) is 17.1 Å². The van der Waals surface area contributed by atoms with Gasteiger partial charge >= 0.3 is 0 Å². The van der Waals surface area contributed by atoms with Crippen LogP contribution >= 0.6 is 12.2 Å². The number of anilines is 1. The van der Waals surface area contributed by atoms with E-state index in [0.717, 1.165) is 11.1 Å². The first kappa shape index (κ1) is 28.0. The third-order valence-corrected chi connectivity index (χ3v) is 7.94. The standard InChI is InChI=1S/C30H29N3O4S2/c1-33(22-24-12-6-3-7-13-24)39(35,36)26-18-16-25(17-19-26)31-30(38)32-29(34)27-14-8-9-15-28(27)37-21-20-23-10-4-2-5-11-23/h2-19H,20-22H2,1H3,(H2,31,32,34,38). The van der Waals surface area contributed by atoms with Gasteiger partial charge in [0.1, 0.15) is 5.75 Å². The van der Waals surface area contributed by atoms with Gasteiger partial charge in [-0.05, 0) is 59.7 Å². The Hall–Kier alpha value is -4.05. The van der Waals surface area contributed by atoms with Gasteiger partial charge in [0.25, 0.3) is 5.91 Å². The van der Waals surface area contributed by atoms with Gasteiger partial charge in [0.15, 0.2) is 5.11 Å². The molecule has 1 amide bonds. The maximum atomic E-state index is 13.0. The Balaban J connectivity index is 1.33. The quantitative estimate of drug-likeness (QED) is 0.258. The molecule has 0 bridgehead atoms. The second kappa shape index (κ2) is 13.1. The van der Waals surface area contributed by atoms with E-state index in [1.807, 2.05) is 60.7 Å². The number of thiocarbonyl (C=S) groups is 1. The molecule has 9 heteroatoms. The summed E-state index contributed by atoms with van der Waals surface area (Å²) in [5.41, 5.74) is 2.94. The third-order valence-electron chi connectivity index (χ3n) is 5.92. The molecule has 200 valence electrons. The Morgan fingerprint density at radius 3 is 2.08 bits per heavy atom. The summed E-state index contributed by atoms with van der Waals surface area (Å²) in [7, 11) is -2.13. The van der Waals surface area contributed by atoms with Gasteiger partial charge in [-0.2, -0.15) is 4.31 Å². The van der Waals surface area contributed by atoms with E-state index in [4.69, 9.17) is 17.0 Å². The molecular formula is C30H29N3O4S2. The predicted octanol–water partition coefficient (Wildman–Crippen LogP) is 5.26. The van der Waals surface area contributed by atoms with E-state index in [2.05, 4.69) is 10.6 Å². The number of benzene rings is 4. The molecule has 0 radical (unpaired) electrons. The summed E-state index contributed by atoms with van der Waals surface area (Å²) in [4.78, 5) is 13.1. The molecule has 0 fully saturated rings. The summed E-state index contributed by atoms with van der Waals surface area (Å²) in [5.74, 6) is 0.0486. The van der Waals surface area contributed by atoms with Crippen LogP contribution in [0.3, 0.4) is 0 Å². The highest BCUT2D eigenvalue weighted by Gasteiger charge is 2.21. The summed E-state index contributed by atoms with van der Waals surface area (Å²) in [6, 6.07) is 32.5. The number of carbonyl (C=O) groups is 1. The average molecular weight is 560 g/mol. The van der Waals surface area contributed by atoms with Crippen LogP contribution in [-0.4, -0.2) is 37.4 Å². The number of hydrogen-bond acceptors (Lipinski definition) is 5. The smallest absolute Gasteiger partial charge is 0.261 e. The topological polar surface area (TPSA) is 87.7 Å². The van der Waals surface area contributed by atoms with Gasteiger partial charge < -0.3 is 10.1 Å². The number of para-hydroxylation sites is 1. The van der Waals surface area contributed by atoms with Crippen molar-refractivity contribution in [2.75, 3.05) is 19.0 Å². The first-order valence-corrected chi connectivity index (χ1v) is 14.2.